The van der Waals surface area contributed by atoms with Crippen molar-refractivity contribution < 1.29 is 8.98 Å². The number of carbonyl (C=O) groups is 1. The molecule has 4 saturated carbocycles. The number of hydrogen-bond acceptors (Lipinski definition) is 2. The summed E-state index contributed by atoms with van der Waals surface area (Å²) in [5, 5.41) is 0. The highest BCUT2D eigenvalue weighted by atomic mass is 32.3. The average Bonchev–Trinajstić information content (AvgIpc) is 3.18. The quantitative estimate of drug-likeness (QED) is 0.0952. The van der Waals surface area contributed by atoms with Gasteiger partial charge in [-0.1, -0.05) is 156 Å². The van der Waals surface area contributed by atoms with E-state index in [9.17, 15) is 0 Å². The van der Waals surface area contributed by atoms with Crippen LogP contribution in [0, 0.1) is 23.2 Å². The van der Waals surface area contributed by atoms with E-state index >= 15 is 4.79 Å². The monoisotopic (exact) mass is 821 g/mol. The molecule has 3 heteroatoms. The Morgan fingerprint density at radius 3 is 0.898 bits per heavy atom. The third kappa shape index (κ3) is 9.61. The standard InChI is InChI=1S/C56H84O2S/c1-10-19-40-31-46(22-13-4)52(47(32-40)23-14-5)59(53-48(24-15-6)33-41(20-11-2)34-49(53)25-16-7,54-50(26-17-8)35-42(21-12-3)36-51(54)27-18-9)58-55(57)56-37-43-28-44(38-56)30-45(29-43)39-56/h31-36,43-45H,10-30,37-39H2,1-9H3. The second-order valence-electron chi connectivity index (χ2n) is 19.6. The third-order valence-corrected chi connectivity index (χ3v) is 17.9. The molecule has 4 fully saturated rings. The summed E-state index contributed by atoms with van der Waals surface area (Å²) in [7, 11) is -2.59. The minimum Gasteiger partial charge on any atom is -0.401 e. The maximum Gasteiger partial charge on any atom is 0.323 e. The van der Waals surface area contributed by atoms with Crippen molar-refractivity contribution in [2.45, 2.75) is 231 Å². The van der Waals surface area contributed by atoms with Crippen LogP contribution in [0.5, 0.6) is 0 Å². The fraction of sp³-hybridized carbons (Fsp3) is 0.661. The van der Waals surface area contributed by atoms with Crippen LogP contribution in [0.2, 0.25) is 0 Å². The molecule has 4 aliphatic rings. The van der Waals surface area contributed by atoms with Gasteiger partial charge in [-0.05, 0) is 174 Å². The molecule has 0 aliphatic heterocycles. The van der Waals surface area contributed by atoms with E-state index in [0.29, 0.717) is 17.8 Å². The van der Waals surface area contributed by atoms with E-state index in [-0.39, 0.29) is 11.4 Å². The molecule has 3 aromatic rings. The Balaban J connectivity index is 1.87. The SMILES string of the molecule is CCCc1cc(CCC)c(S(OC(=O)C23CC4CC(CC(C4)C2)C3)(c2c(CCC)cc(CCC)cc2CCC)c2c(CCC)cc(CCC)cc2CCC)c(CCC)c1. The lowest BCUT2D eigenvalue weighted by atomic mass is 9.49. The summed E-state index contributed by atoms with van der Waals surface area (Å²) in [4.78, 5) is 20.6. The minimum atomic E-state index is -2.59. The zero-order valence-corrected chi connectivity index (χ0v) is 40.2. The molecule has 0 radical (unpaired) electrons. The predicted octanol–water partition coefficient (Wildman–Crippen LogP) is 16.2. The Labute approximate surface area is 364 Å². The molecule has 7 rings (SSSR count). The molecular formula is C56H84O2S. The molecule has 59 heavy (non-hydrogen) atoms. The van der Waals surface area contributed by atoms with Crippen LogP contribution >= 0.6 is 10.3 Å². The molecule has 0 amide bonds. The topological polar surface area (TPSA) is 26.3 Å². The normalized spacial score (nSPS) is 21.3. The summed E-state index contributed by atoms with van der Waals surface area (Å²) >= 11 is 0. The molecule has 0 spiro atoms. The average molecular weight is 821 g/mol. The van der Waals surface area contributed by atoms with E-state index in [1.54, 1.807) is 0 Å². The van der Waals surface area contributed by atoms with Crippen LogP contribution in [-0.4, -0.2) is 5.97 Å². The van der Waals surface area contributed by atoms with Crippen LogP contribution in [0.4, 0.5) is 0 Å². The summed E-state index contributed by atoms with van der Waals surface area (Å²) < 4.78 is 8.35. The summed E-state index contributed by atoms with van der Waals surface area (Å²) in [6.45, 7) is 21.2. The number of hydrogen-bond donors (Lipinski definition) is 0. The lowest BCUT2D eigenvalue weighted by Gasteiger charge is -2.56. The Morgan fingerprint density at radius 2 is 0.678 bits per heavy atom. The van der Waals surface area contributed by atoms with Crippen molar-refractivity contribution in [3.63, 3.8) is 0 Å². The fourth-order valence-electron chi connectivity index (χ4n) is 12.6. The second-order valence-corrected chi connectivity index (χ2v) is 22.1. The van der Waals surface area contributed by atoms with Gasteiger partial charge >= 0.3 is 5.97 Å². The maximum atomic E-state index is 16.4. The van der Waals surface area contributed by atoms with E-state index < -0.39 is 10.3 Å². The van der Waals surface area contributed by atoms with Crippen molar-refractivity contribution in [2.24, 2.45) is 23.2 Å². The van der Waals surface area contributed by atoms with Crippen molar-refractivity contribution in [3.05, 3.63) is 86.5 Å². The number of rotatable bonds is 23. The molecule has 0 saturated heterocycles. The van der Waals surface area contributed by atoms with Crippen LogP contribution in [0.15, 0.2) is 51.1 Å². The van der Waals surface area contributed by atoms with Gasteiger partial charge in [-0.3, -0.25) is 4.79 Å². The number of carbonyl (C=O) groups excluding carboxylic acids is 1. The van der Waals surface area contributed by atoms with Gasteiger partial charge in [-0.2, -0.15) is 0 Å². The Kier molecular flexibility index (Phi) is 16.4. The van der Waals surface area contributed by atoms with Crippen LogP contribution in [0.1, 0.15) is 209 Å². The lowest BCUT2D eigenvalue weighted by Crippen LogP contribution is -2.50. The first-order valence-electron chi connectivity index (χ1n) is 25.2. The maximum absolute atomic E-state index is 16.4. The zero-order chi connectivity index (χ0) is 42.2. The van der Waals surface area contributed by atoms with Crippen molar-refractivity contribution in [1.29, 1.82) is 0 Å². The molecule has 0 unspecified atom stereocenters. The Bertz CT molecular complexity index is 1580. The summed E-state index contributed by atoms with van der Waals surface area (Å²) in [5.74, 6) is 2.20. The highest BCUT2D eigenvalue weighted by molar-refractivity contribution is 8.30. The van der Waals surface area contributed by atoms with Gasteiger partial charge < -0.3 is 4.18 Å². The van der Waals surface area contributed by atoms with Crippen LogP contribution in [-0.2, 0) is 66.8 Å². The summed E-state index contributed by atoms with van der Waals surface area (Å²) in [5.41, 5.74) is 12.8. The predicted molar refractivity (Wildman–Crippen MR) is 254 cm³/mol. The smallest absolute Gasteiger partial charge is 0.323 e. The van der Waals surface area contributed by atoms with Gasteiger partial charge in [0.2, 0.25) is 0 Å². The highest BCUT2D eigenvalue weighted by Gasteiger charge is 2.58. The summed E-state index contributed by atoms with van der Waals surface area (Å²) in [6.07, 6.45) is 26.2. The fourth-order valence-corrected chi connectivity index (χ4v) is 17.1. The largest absolute Gasteiger partial charge is 0.401 e. The molecule has 4 bridgehead atoms. The van der Waals surface area contributed by atoms with Gasteiger partial charge in [0.25, 0.3) is 0 Å². The molecular weight excluding hydrogens is 737 g/mol. The van der Waals surface area contributed by atoms with Crippen LogP contribution in [0.25, 0.3) is 0 Å². The van der Waals surface area contributed by atoms with Gasteiger partial charge in [0.15, 0.2) is 0 Å². The number of benzene rings is 3. The van der Waals surface area contributed by atoms with E-state index in [1.165, 1.54) is 84.0 Å². The van der Waals surface area contributed by atoms with Gasteiger partial charge in [0.05, 0.1) is 5.41 Å². The first-order chi connectivity index (χ1) is 28.7. The van der Waals surface area contributed by atoms with Gasteiger partial charge in [-0.15, -0.1) is 0 Å². The Morgan fingerprint density at radius 1 is 0.441 bits per heavy atom. The molecule has 4 aliphatic carbocycles. The van der Waals surface area contributed by atoms with Crippen molar-refractivity contribution in [1.82, 2.24) is 0 Å². The number of aryl methyl sites for hydroxylation is 9. The zero-order valence-electron chi connectivity index (χ0n) is 39.4. The van der Waals surface area contributed by atoms with E-state index in [4.69, 9.17) is 4.18 Å². The van der Waals surface area contributed by atoms with Crippen molar-refractivity contribution >= 4 is 16.3 Å². The third-order valence-electron chi connectivity index (χ3n) is 14.2. The molecule has 2 nitrogen and oxygen atoms in total. The van der Waals surface area contributed by atoms with E-state index in [2.05, 4.69) is 98.7 Å². The van der Waals surface area contributed by atoms with Crippen LogP contribution < -0.4 is 0 Å². The van der Waals surface area contributed by atoms with E-state index in [1.807, 2.05) is 0 Å². The molecule has 0 atom stereocenters. The molecule has 0 N–H and O–H groups in total. The van der Waals surface area contributed by atoms with Crippen LogP contribution in [0.3, 0.4) is 0 Å². The van der Waals surface area contributed by atoms with Crippen molar-refractivity contribution in [2.75, 3.05) is 0 Å². The highest BCUT2D eigenvalue weighted by Crippen LogP contribution is 2.76. The molecule has 3 aromatic carbocycles. The van der Waals surface area contributed by atoms with Crippen molar-refractivity contribution in [3.8, 4) is 0 Å². The second kappa shape index (κ2) is 21.0. The van der Waals surface area contributed by atoms with Gasteiger partial charge in [-0.25, -0.2) is 0 Å². The first kappa shape index (κ1) is 46.0. The first-order valence-corrected chi connectivity index (χ1v) is 26.7. The molecule has 326 valence electrons. The van der Waals surface area contributed by atoms with E-state index in [0.717, 1.165) is 135 Å². The minimum absolute atomic E-state index is 0.166. The van der Waals surface area contributed by atoms with Gasteiger partial charge in [0.1, 0.15) is 0 Å². The Hall–Kier alpha value is -2.52. The molecule has 0 aromatic heterocycles. The lowest BCUT2D eigenvalue weighted by molar-refractivity contribution is -0.160. The molecule has 0 heterocycles. The summed E-state index contributed by atoms with van der Waals surface area (Å²) in [6, 6.07) is 15.6. The van der Waals surface area contributed by atoms with Gasteiger partial charge in [0, 0.05) is 14.7 Å².